The van der Waals surface area contributed by atoms with E-state index in [0.717, 1.165) is 37.6 Å². The molecule has 0 rings (SSSR count). The lowest BCUT2D eigenvalue weighted by molar-refractivity contribution is -0.120. The molecule has 1 amide bonds. The summed E-state index contributed by atoms with van der Waals surface area (Å²) in [5.74, 6) is 0.110. The molecule has 0 saturated carbocycles. The fourth-order valence-electron chi connectivity index (χ4n) is 0.992. The average molecular weight is 252 g/mol. The molecule has 0 aromatic carbocycles. The third kappa shape index (κ3) is 9.83. The van der Waals surface area contributed by atoms with Crippen LogP contribution in [0.4, 0.5) is 0 Å². The molecular weight excluding hydrogens is 234 g/mol. The molecule has 2 N–H and O–H groups in total. The van der Waals surface area contributed by atoms with Crippen LogP contribution in [0.2, 0.25) is 0 Å². The van der Waals surface area contributed by atoms with Crippen LogP contribution >= 0.6 is 15.9 Å². The Kier molecular flexibility index (Phi) is 9.92. The minimum absolute atomic E-state index is 0.110. The van der Waals surface area contributed by atoms with Gasteiger partial charge >= 0.3 is 0 Å². The third-order valence-electron chi connectivity index (χ3n) is 1.73. The van der Waals surface area contributed by atoms with Crippen LogP contribution in [0.3, 0.4) is 0 Å². The van der Waals surface area contributed by atoms with Crippen molar-refractivity contribution in [1.29, 1.82) is 0 Å². The van der Waals surface area contributed by atoms with E-state index in [2.05, 4.69) is 21.2 Å². The minimum atomic E-state index is 0.110. The summed E-state index contributed by atoms with van der Waals surface area (Å²) >= 11 is 3.20. The number of nitrogens with one attached hydrogen (secondary N) is 1. The predicted molar refractivity (Wildman–Crippen MR) is 57.0 cm³/mol. The van der Waals surface area contributed by atoms with E-state index in [1.54, 1.807) is 0 Å². The first-order chi connectivity index (χ1) is 6.31. The lowest BCUT2D eigenvalue weighted by atomic mass is 10.2. The highest BCUT2D eigenvalue weighted by molar-refractivity contribution is 9.09. The number of rotatable bonds is 8. The maximum Gasteiger partial charge on any atom is 0.220 e. The van der Waals surface area contributed by atoms with Gasteiger partial charge in [-0.05, 0) is 12.8 Å². The van der Waals surface area contributed by atoms with E-state index in [4.69, 9.17) is 5.11 Å². The summed E-state index contributed by atoms with van der Waals surface area (Å²) in [6.07, 6.45) is 4.56. The number of halogens is 1. The highest BCUT2D eigenvalue weighted by Gasteiger charge is 1.97. The summed E-state index contributed by atoms with van der Waals surface area (Å²) in [5, 5.41) is 12.1. The van der Waals surface area contributed by atoms with Crippen molar-refractivity contribution >= 4 is 21.8 Å². The number of amides is 1. The second-order valence-corrected chi connectivity index (χ2v) is 3.72. The molecule has 0 saturated heterocycles. The molecule has 4 heteroatoms. The van der Waals surface area contributed by atoms with Crippen molar-refractivity contribution in [3.05, 3.63) is 0 Å². The molecule has 0 heterocycles. The topological polar surface area (TPSA) is 49.3 Å². The van der Waals surface area contributed by atoms with Crippen LogP contribution in [-0.4, -0.2) is 29.5 Å². The number of carbonyl (C=O) groups excluding carboxylic acids is 1. The van der Waals surface area contributed by atoms with Gasteiger partial charge in [0, 0.05) is 24.9 Å². The molecule has 0 aromatic rings. The van der Waals surface area contributed by atoms with Crippen molar-refractivity contribution in [2.75, 3.05) is 18.5 Å². The summed E-state index contributed by atoms with van der Waals surface area (Å²) in [4.78, 5) is 11.0. The number of aliphatic hydroxyl groups excluding tert-OH is 1. The Hall–Kier alpha value is -0.0900. The smallest absolute Gasteiger partial charge is 0.220 e. The van der Waals surface area contributed by atoms with Gasteiger partial charge < -0.3 is 10.4 Å². The van der Waals surface area contributed by atoms with Crippen molar-refractivity contribution < 1.29 is 9.90 Å². The van der Waals surface area contributed by atoms with E-state index in [9.17, 15) is 4.79 Å². The van der Waals surface area contributed by atoms with Gasteiger partial charge in [-0.2, -0.15) is 0 Å². The normalized spacial score (nSPS) is 10.0. The number of aliphatic hydroxyl groups is 1. The number of hydrogen-bond acceptors (Lipinski definition) is 2. The highest BCUT2D eigenvalue weighted by Crippen LogP contribution is 1.97. The monoisotopic (exact) mass is 251 g/mol. The summed E-state index contributed by atoms with van der Waals surface area (Å²) in [5.41, 5.74) is 0. The average Bonchev–Trinajstić information content (AvgIpc) is 2.11. The first-order valence-corrected chi connectivity index (χ1v) is 5.87. The zero-order valence-electron chi connectivity index (χ0n) is 7.89. The van der Waals surface area contributed by atoms with Gasteiger partial charge in [0.15, 0.2) is 0 Å². The summed E-state index contributed by atoms with van der Waals surface area (Å²) in [6.45, 7) is 1.03. The number of alkyl halides is 1. The van der Waals surface area contributed by atoms with Crippen LogP contribution in [-0.2, 0) is 4.79 Å². The van der Waals surface area contributed by atoms with Gasteiger partial charge in [-0.25, -0.2) is 0 Å². The van der Waals surface area contributed by atoms with Crippen molar-refractivity contribution in [2.45, 2.75) is 32.1 Å². The van der Waals surface area contributed by atoms with Crippen LogP contribution in [0.5, 0.6) is 0 Å². The first kappa shape index (κ1) is 12.9. The SMILES string of the molecule is O=C(CCBr)NCCCCCCO. The number of unbranched alkanes of at least 4 members (excludes halogenated alkanes) is 3. The van der Waals surface area contributed by atoms with Gasteiger partial charge in [0.2, 0.25) is 5.91 Å². The fraction of sp³-hybridized carbons (Fsp3) is 0.889. The van der Waals surface area contributed by atoms with Crippen LogP contribution in [0.15, 0.2) is 0 Å². The van der Waals surface area contributed by atoms with Crippen molar-refractivity contribution in [2.24, 2.45) is 0 Å². The Morgan fingerprint density at radius 2 is 1.92 bits per heavy atom. The number of carbonyl (C=O) groups is 1. The van der Waals surface area contributed by atoms with E-state index < -0.39 is 0 Å². The molecule has 13 heavy (non-hydrogen) atoms. The van der Waals surface area contributed by atoms with Gasteiger partial charge in [-0.1, -0.05) is 28.8 Å². The van der Waals surface area contributed by atoms with Crippen LogP contribution in [0.1, 0.15) is 32.1 Å². The summed E-state index contributed by atoms with van der Waals surface area (Å²) < 4.78 is 0. The van der Waals surface area contributed by atoms with Gasteiger partial charge in [-0.15, -0.1) is 0 Å². The molecule has 0 spiro atoms. The lowest BCUT2D eigenvalue weighted by Gasteiger charge is -2.03. The molecule has 0 bridgehead atoms. The van der Waals surface area contributed by atoms with Gasteiger partial charge in [0.25, 0.3) is 0 Å². The Labute approximate surface area is 88.0 Å². The molecule has 0 unspecified atom stereocenters. The standard InChI is InChI=1S/C9H18BrNO2/c10-6-5-9(13)11-7-3-1-2-4-8-12/h12H,1-8H2,(H,11,13). The summed E-state index contributed by atoms with van der Waals surface area (Å²) in [7, 11) is 0. The third-order valence-corrected chi connectivity index (χ3v) is 2.13. The Bertz CT molecular complexity index is 131. The minimum Gasteiger partial charge on any atom is -0.396 e. The lowest BCUT2D eigenvalue weighted by Crippen LogP contribution is -2.24. The zero-order chi connectivity index (χ0) is 9.94. The molecule has 0 atom stereocenters. The van der Waals surface area contributed by atoms with E-state index in [0.29, 0.717) is 6.42 Å². The Morgan fingerprint density at radius 1 is 1.23 bits per heavy atom. The molecule has 0 fully saturated rings. The van der Waals surface area contributed by atoms with Gasteiger partial charge in [0.05, 0.1) is 0 Å². The first-order valence-electron chi connectivity index (χ1n) is 4.74. The van der Waals surface area contributed by atoms with Crippen LogP contribution in [0, 0.1) is 0 Å². The highest BCUT2D eigenvalue weighted by atomic mass is 79.9. The molecule has 78 valence electrons. The van der Waals surface area contributed by atoms with Crippen molar-refractivity contribution in [3.63, 3.8) is 0 Å². The largest absolute Gasteiger partial charge is 0.396 e. The molecule has 0 radical (unpaired) electrons. The van der Waals surface area contributed by atoms with Gasteiger partial charge in [0.1, 0.15) is 0 Å². The maximum atomic E-state index is 11.0. The second-order valence-electron chi connectivity index (χ2n) is 2.93. The molecule has 3 nitrogen and oxygen atoms in total. The predicted octanol–water partition coefficient (Wildman–Crippen LogP) is 1.44. The molecule has 0 aromatic heterocycles. The van der Waals surface area contributed by atoms with E-state index in [1.165, 1.54) is 0 Å². The quantitative estimate of drug-likeness (QED) is 0.507. The molecule has 0 aliphatic carbocycles. The summed E-state index contributed by atoms with van der Waals surface area (Å²) in [6, 6.07) is 0. The van der Waals surface area contributed by atoms with E-state index in [-0.39, 0.29) is 12.5 Å². The van der Waals surface area contributed by atoms with Crippen LogP contribution < -0.4 is 5.32 Å². The Balaban J connectivity index is 3.02. The molecular formula is C9H18BrNO2. The van der Waals surface area contributed by atoms with Crippen molar-refractivity contribution in [3.8, 4) is 0 Å². The second kappa shape index (κ2) is 9.99. The van der Waals surface area contributed by atoms with Gasteiger partial charge in [-0.3, -0.25) is 4.79 Å². The zero-order valence-corrected chi connectivity index (χ0v) is 9.48. The van der Waals surface area contributed by atoms with Crippen LogP contribution in [0.25, 0.3) is 0 Å². The molecule has 0 aliphatic heterocycles. The van der Waals surface area contributed by atoms with Crippen molar-refractivity contribution in [1.82, 2.24) is 5.32 Å². The Morgan fingerprint density at radius 3 is 2.54 bits per heavy atom. The van der Waals surface area contributed by atoms with E-state index >= 15 is 0 Å². The maximum absolute atomic E-state index is 11.0. The number of hydrogen-bond donors (Lipinski definition) is 2. The van der Waals surface area contributed by atoms with E-state index in [1.807, 2.05) is 0 Å². The molecule has 0 aliphatic rings. The fourth-order valence-corrected chi connectivity index (χ4v) is 1.35.